The minimum absolute atomic E-state index is 0.0384. The van der Waals surface area contributed by atoms with E-state index in [-0.39, 0.29) is 17.7 Å². The Balaban J connectivity index is 1.91. The number of carbonyl (C=O) groups is 1. The molecule has 0 saturated carbocycles. The molecule has 1 atom stereocenters. The third-order valence-electron chi connectivity index (χ3n) is 4.52. The minimum atomic E-state index is -0.263. The normalized spacial score (nSPS) is 17.2. The van der Waals surface area contributed by atoms with Gasteiger partial charge in [0.25, 0.3) is 5.91 Å². The zero-order valence-electron chi connectivity index (χ0n) is 14.6. The topological polar surface area (TPSA) is 56.1 Å². The molecule has 5 nitrogen and oxygen atoms in total. The van der Waals surface area contributed by atoms with E-state index in [9.17, 15) is 9.90 Å². The third-order valence-corrected chi connectivity index (χ3v) is 5.44. The molecule has 0 radical (unpaired) electrons. The average Bonchev–Trinajstić information content (AvgIpc) is 3.29. The number of nitrogens with zero attached hydrogens (tertiary/aromatic N) is 3. The van der Waals surface area contributed by atoms with Gasteiger partial charge in [0.2, 0.25) is 0 Å². The highest BCUT2D eigenvalue weighted by molar-refractivity contribution is 7.12. The number of amides is 1. The van der Waals surface area contributed by atoms with Gasteiger partial charge in [0.1, 0.15) is 5.75 Å². The summed E-state index contributed by atoms with van der Waals surface area (Å²) in [4.78, 5) is 16.0. The molecule has 0 saturated heterocycles. The first-order valence-corrected chi connectivity index (χ1v) is 9.45. The molecule has 3 rings (SSSR count). The van der Waals surface area contributed by atoms with E-state index in [2.05, 4.69) is 10.0 Å². The fourth-order valence-corrected chi connectivity index (χ4v) is 3.78. The number of aromatic hydroxyl groups is 1. The number of thiophene rings is 1. The van der Waals surface area contributed by atoms with Crippen LogP contribution in [0.3, 0.4) is 0 Å². The number of hydrogen-bond donors (Lipinski definition) is 1. The highest BCUT2D eigenvalue weighted by Gasteiger charge is 2.35. The molecule has 1 aromatic heterocycles. The number of benzene rings is 1. The molecule has 1 unspecified atom stereocenters. The summed E-state index contributed by atoms with van der Waals surface area (Å²) in [6.07, 6.45) is 0.613. The van der Waals surface area contributed by atoms with E-state index >= 15 is 0 Å². The van der Waals surface area contributed by atoms with Gasteiger partial charge in [-0.25, -0.2) is 5.01 Å². The molecular weight excluding hydrogens is 334 g/mol. The first-order valence-electron chi connectivity index (χ1n) is 8.57. The summed E-state index contributed by atoms with van der Waals surface area (Å²) < 4.78 is 0. The van der Waals surface area contributed by atoms with Crippen LogP contribution in [0.2, 0.25) is 0 Å². The molecule has 1 aliphatic heterocycles. The van der Waals surface area contributed by atoms with Gasteiger partial charge in [-0.2, -0.15) is 5.10 Å². The van der Waals surface area contributed by atoms with Crippen molar-refractivity contribution in [1.29, 1.82) is 0 Å². The Bertz CT molecular complexity index is 754. The predicted octanol–water partition coefficient (Wildman–Crippen LogP) is 3.47. The van der Waals surface area contributed by atoms with E-state index in [1.807, 2.05) is 43.5 Å². The average molecular weight is 357 g/mol. The Morgan fingerprint density at radius 3 is 2.68 bits per heavy atom. The monoisotopic (exact) mass is 357 g/mol. The lowest BCUT2D eigenvalue weighted by Gasteiger charge is -2.25. The molecule has 2 aromatic rings. The van der Waals surface area contributed by atoms with Crippen molar-refractivity contribution in [2.75, 3.05) is 19.6 Å². The van der Waals surface area contributed by atoms with E-state index in [1.165, 1.54) is 0 Å². The number of phenols is 1. The van der Waals surface area contributed by atoms with Crippen molar-refractivity contribution < 1.29 is 9.90 Å². The second kappa shape index (κ2) is 7.80. The fraction of sp³-hybridized carbons (Fsp3) is 0.368. The number of hydrogen-bond acceptors (Lipinski definition) is 5. The number of carbonyl (C=O) groups excluding carboxylic acids is 1. The smallest absolute Gasteiger partial charge is 0.257 e. The quantitative estimate of drug-likeness (QED) is 0.861. The predicted molar refractivity (Wildman–Crippen MR) is 101 cm³/mol. The second-order valence-corrected chi connectivity index (χ2v) is 6.95. The summed E-state index contributed by atoms with van der Waals surface area (Å²) in [6.45, 7) is 6.05. The Morgan fingerprint density at radius 1 is 1.28 bits per heavy atom. The van der Waals surface area contributed by atoms with Gasteiger partial charge in [-0.05, 0) is 30.6 Å². The van der Waals surface area contributed by atoms with Crippen molar-refractivity contribution in [1.82, 2.24) is 9.91 Å². The van der Waals surface area contributed by atoms with Gasteiger partial charge < -0.3 is 5.11 Å². The first kappa shape index (κ1) is 17.6. The molecule has 6 heteroatoms. The van der Waals surface area contributed by atoms with Crippen LogP contribution in [-0.4, -0.2) is 46.3 Å². The Hall–Kier alpha value is -2.18. The van der Waals surface area contributed by atoms with Crippen LogP contribution < -0.4 is 0 Å². The van der Waals surface area contributed by atoms with Crippen LogP contribution in [0, 0.1) is 0 Å². The van der Waals surface area contributed by atoms with Crippen LogP contribution in [0.25, 0.3) is 0 Å². The molecule has 0 spiro atoms. The van der Waals surface area contributed by atoms with Gasteiger partial charge in [-0.3, -0.25) is 9.69 Å². The summed E-state index contributed by atoms with van der Waals surface area (Å²) in [5, 5.41) is 18.5. The minimum Gasteiger partial charge on any atom is -0.508 e. The fourth-order valence-electron chi connectivity index (χ4n) is 3.05. The SMILES string of the molecule is CCN(CC)CC(=O)N1N=C(c2cccs2)CC1c1ccccc1O. The van der Waals surface area contributed by atoms with E-state index in [0.717, 1.165) is 29.2 Å². The van der Waals surface area contributed by atoms with Crippen LogP contribution in [-0.2, 0) is 4.79 Å². The molecule has 1 N–H and O–H groups in total. The van der Waals surface area contributed by atoms with Gasteiger partial charge in [0.05, 0.1) is 23.2 Å². The number of hydrazone groups is 1. The zero-order valence-corrected chi connectivity index (χ0v) is 15.4. The zero-order chi connectivity index (χ0) is 17.8. The number of likely N-dealkylation sites (N-methyl/N-ethyl adjacent to an activating group) is 1. The molecule has 0 fully saturated rings. The first-order chi connectivity index (χ1) is 12.1. The van der Waals surface area contributed by atoms with E-state index in [1.54, 1.807) is 28.5 Å². The molecule has 25 heavy (non-hydrogen) atoms. The summed E-state index contributed by atoms with van der Waals surface area (Å²) in [5.74, 6) is 0.166. The molecule has 1 aliphatic rings. The molecule has 0 aliphatic carbocycles. The van der Waals surface area contributed by atoms with Crippen molar-refractivity contribution in [3.8, 4) is 5.75 Å². The largest absolute Gasteiger partial charge is 0.508 e. The lowest BCUT2D eigenvalue weighted by Crippen LogP contribution is -2.38. The van der Waals surface area contributed by atoms with Crippen LogP contribution in [0.5, 0.6) is 5.75 Å². The molecule has 2 heterocycles. The third kappa shape index (κ3) is 3.75. The molecule has 132 valence electrons. The maximum atomic E-state index is 12.9. The van der Waals surface area contributed by atoms with Gasteiger partial charge in [-0.1, -0.05) is 38.1 Å². The van der Waals surface area contributed by atoms with Crippen LogP contribution >= 0.6 is 11.3 Å². The maximum absolute atomic E-state index is 12.9. The lowest BCUT2D eigenvalue weighted by atomic mass is 10.00. The van der Waals surface area contributed by atoms with Crippen molar-refractivity contribution in [3.63, 3.8) is 0 Å². The standard InChI is InChI=1S/C19H23N3O2S/c1-3-21(4-2)13-19(24)22-16(14-8-5-6-9-17(14)23)12-15(20-22)18-10-7-11-25-18/h5-11,16,23H,3-4,12-13H2,1-2H3. The van der Waals surface area contributed by atoms with Gasteiger partial charge in [0.15, 0.2) is 0 Å². The highest BCUT2D eigenvalue weighted by Crippen LogP contribution is 2.37. The molecule has 0 bridgehead atoms. The van der Waals surface area contributed by atoms with Crippen LogP contribution in [0.1, 0.15) is 36.8 Å². The van der Waals surface area contributed by atoms with Crippen LogP contribution in [0.15, 0.2) is 46.9 Å². The Kier molecular flexibility index (Phi) is 5.50. The summed E-state index contributed by atoms with van der Waals surface area (Å²) in [5.41, 5.74) is 1.64. The van der Waals surface area contributed by atoms with Gasteiger partial charge in [-0.15, -0.1) is 11.3 Å². The van der Waals surface area contributed by atoms with Gasteiger partial charge >= 0.3 is 0 Å². The number of para-hydroxylation sites is 1. The van der Waals surface area contributed by atoms with E-state index < -0.39 is 0 Å². The van der Waals surface area contributed by atoms with E-state index in [4.69, 9.17) is 0 Å². The van der Waals surface area contributed by atoms with Crippen molar-refractivity contribution in [3.05, 3.63) is 52.2 Å². The van der Waals surface area contributed by atoms with Crippen LogP contribution in [0.4, 0.5) is 0 Å². The Labute approximate surface area is 152 Å². The van der Waals surface area contributed by atoms with Gasteiger partial charge in [0, 0.05) is 12.0 Å². The lowest BCUT2D eigenvalue weighted by molar-refractivity contribution is -0.134. The van der Waals surface area contributed by atoms with Crippen molar-refractivity contribution in [2.45, 2.75) is 26.3 Å². The maximum Gasteiger partial charge on any atom is 0.257 e. The second-order valence-electron chi connectivity index (χ2n) is 6.00. The Morgan fingerprint density at radius 2 is 2.04 bits per heavy atom. The summed E-state index contributed by atoms with van der Waals surface area (Å²) in [6, 6.07) is 10.9. The number of phenolic OH excluding ortho intramolecular Hbond substituents is 1. The summed E-state index contributed by atoms with van der Waals surface area (Å²) in [7, 11) is 0. The molecule has 1 amide bonds. The van der Waals surface area contributed by atoms with Crippen molar-refractivity contribution in [2.24, 2.45) is 5.10 Å². The van der Waals surface area contributed by atoms with Crippen molar-refractivity contribution >= 4 is 23.0 Å². The summed E-state index contributed by atoms with van der Waals surface area (Å²) >= 11 is 1.62. The highest BCUT2D eigenvalue weighted by atomic mass is 32.1. The number of rotatable bonds is 6. The molecular formula is C19H23N3O2S. The molecule has 1 aromatic carbocycles. The van der Waals surface area contributed by atoms with E-state index in [0.29, 0.717) is 13.0 Å².